The normalized spacial score (nSPS) is 12.8. The number of methoxy groups -OCH3 is 1. The molecule has 1 rings (SSSR count). The van der Waals surface area contributed by atoms with Crippen LogP contribution in [0.15, 0.2) is 23.2 Å². The van der Waals surface area contributed by atoms with Crippen LogP contribution in [-0.4, -0.2) is 31.3 Å². The van der Waals surface area contributed by atoms with Gasteiger partial charge in [-0.2, -0.15) is 0 Å². The number of nitrogens with one attached hydrogen (secondary N) is 2. The number of benzene rings is 1. The second kappa shape index (κ2) is 10.8. The number of unbranched alkanes of at least 4 members (excludes halogenated alkanes) is 3. The molecule has 1 aromatic rings. The monoisotopic (exact) mass is 321 g/mol. The molecule has 0 heterocycles. The molecule has 23 heavy (non-hydrogen) atoms. The lowest BCUT2D eigenvalue weighted by Crippen LogP contribution is -2.41. The topological polar surface area (TPSA) is 65.9 Å². The van der Waals surface area contributed by atoms with E-state index in [4.69, 9.17) is 4.74 Å². The largest absolute Gasteiger partial charge is 0.508 e. The van der Waals surface area contributed by atoms with E-state index in [1.165, 1.54) is 25.7 Å². The molecule has 5 heteroatoms. The Labute approximate surface area is 140 Å². The summed E-state index contributed by atoms with van der Waals surface area (Å²) in [5.41, 5.74) is 0.780. The van der Waals surface area contributed by atoms with Crippen molar-refractivity contribution in [1.29, 1.82) is 0 Å². The number of hydrogen-bond acceptors (Lipinski definition) is 3. The highest BCUT2D eigenvalue weighted by molar-refractivity contribution is 5.80. The highest BCUT2D eigenvalue weighted by atomic mass is 16.5. The van der Waals surface area contributed by atoms with Crippen molar-refractivity contribution in [2.45, 2.75) is 58.5 Å². The summed E-state index contributed by atoms with van der Waals surface area (Å²) >= 11 is 0. The summed E-state index contributed by atoms with van der Waals surface area (Å²) < 4.78 is 5.19. The molecule has 0 spiro atoms. The van der Waals surface area contributed by atoms with Crippen molar-refractivity contribution in [3.8, 4) is 11.5 Å². The molecule has 0 aliphatic heterocycles. The zero-order valence-electron chi connectivity index (χ0n) is 14.9. The first-order chi connectivity index (χ1) is 11.1. The highest BCUT2D eigenvalue weighted by Gasteiger charge is 2.07. The molecule has 0 aliphatic rings. The summed E-state index contributed by atoms with van der Waals surface area (Å²) in [5.74, 6) is 1.73. The number of aromatic hydroxyl groups is 1. The number of aliphatic imine (C=N–C) groups is 1. The summed E-state index contributed by atoms with van der Waals surface area (Å²) in [4.78, 5) is 4.24. The summed E-state index contributed by atoms with van der Waals surface area (Å²) in [7, 11) is 3.37. The number of rotatable bonds is 9. The van der Waals surface area contributed by atoms with E-state index in [0.717, 1.165) is 23.7 Å². The number of phenolic OH excluding ortho intramolecular Hbond substituents is 1. The van der Waals surface area contributed by atoms with Gasteiger partial charge in [0.1, 0.15) is 11.5 Å². The molecule has 0 radical (unpaired) electrons. The molecule has 0 fully saturated rings. The van der Waals surface area contributed by atoms with Crippen LogP contribution in [-0.2, 0) is 6.54 Å². The fourth-order valence-electron chi connectivity index (χ4n) is 2.39. The first-order valence-corrected chi connectivity index (χ1v) is 8.43. The van der Waals surface area contributed by atoms with Gasteiger partial charge >= 0.3 is 0 Å². The SMILES string of the molecule is CCCCCCC(C)NC(=NC)NCc1cc(OC)ccc1O. The fraction of sp³-hybridized carbons (Fsp3) is 0.611. The maximum absolute atomic E-state index is 9.91. The predicted molar refractivity (Wildman–Crippen MR) is 96.2 cm³/mol. The molecule has 0 amide bonds. The van der Waals surface area contributed by atoms with Crippen LogP contribution < -0.4 is 15.4 Å². The second-order valence-corrected chi connectivity index (χ2v) is 5.82. The summed E-state index contributed by atoms with van der Waals surface area (Å²) in [6.07, 6.45) is 6.21. The molecule has 0 aromatic heterocycles. The molecule has 3 N–H and O–H groups in total. The summed E-state index contributed by atoms with van der Waals surface area (Å²) in [5, 5.41) is 16.5. The molecular weight excluding hydrogens is 290 g/mol. The van der Waals surface area contributed by atoms with Gasteiger partial charge in [-0.15, -0.1) is 0 Å². The Morgan fingerprint density at radius 1 is 1.30 bits per heavy atom. The summed E-state index contributed by atoms with van der Waals surface area (Å²) in [6.45, 7) is 4.88. The average molecular weight is 321 g/mol. The van der Waals surface area contributed by atoms with E-state index < -0.39 is 0 Å². The van der Waals surface area contributed by atoms with Crippen molar-refractivity contribution in [2.75, 3.05) is 14.2 Å². The van der Waals surface area contributed by atoms with Crippen LogP contribution >= 0.6 is 0 Å². The van der Waals surface area contributed by atoms with Gasteiger partial charge in [0.05, 0.1) is 7.11 Å². The van der Waals surface area contributed by atoms with Gasteiger partial charge in [0.15, 0.2) is 5.96 Å². The third-order valence-electron chi connectivity index (χ3n) is 3.83. The quantitative estimate of drug-likeness (QED) is 0.370. The summed E-state index contributed by atoms with van der Waals surface area (Å²) in [6, 6.07) is 5.58. The van der Waals surface area contributed by atoms with Gasteiger partial charge in [0.2, 0.25) is 0 Å². The van der Waals surface area contributed by atoms with Gasteiger partial charge in [0.25, 0.3) is 0 Å². The number of nitrogens with zero attached hydrogens (tertiary/aromatic N) is 1. The Bertz CT molecular complexity index is 489. The van der Waals surface area contributed by atoms with E-state index in [-0.39, 0.29) is 5.75 Å². The van der Waals surface area contributed by atoms with Crippen LogP contribution in [0.4, 0.5) is 0 Å². The van der Waals surface area contributed by atoms with Crippen LogP contribution in [0.5, 0.6) is 11.5 Å². The van der Waals surface area contributed by atoms with Gasteiger partial charge in [-0.25, -0.2) is 0 Å². The van der Waals surface area contributed by atoms with Crippen LogP contribution in [0, 0.1) is 0 Å². The molecule has 0 bridgehead atoms. The smallest absolute Gasteiger partial charge is 0.191 e. The van der Waals surface area contributed by atoms with E-state index in [2.05, 4.69) is 29.5 Å². The molecule has 0 saturated heterocycles. The van der Waals surface area contributed by atoms with Crippen LogP contribution in [0.2, 0.25) is 0 Å². The van der Waals surface area contributed by atoms with E-state index >= 15 is 0 Å². The number of phenols is 1. The zero-order valence-corrected chi connectivity index (χ0v) is 14.9. The van der Waals surface area contributed by atoms with Gasteiger partial charge in [-0.3, -0.25) is 4.99 Å². The molecule has 0 saturated carbocycles. The third-order valence-corrected chi connectivity index (χ3v) is 3.83. The fourth-order valence-corrected chi connectivity index (χ4v) is 2.39. The Balaban J connectivity index is 2.45. The van der Waals surface area contributed by atoms with Gasteiger partial charge in [-0.1, -0.05) is 32.6 Å². The predicted octanol–water partition coefficient (Wildman–Crippen LogP) is 3.42. The van der Waals surface area contributed by atoms with E-state index in [0.29, 0.717) is 12.6 Å². The van der Waals surface area contributed by atoms with E-state index in [1.54, 1.807) is 26.3 Å². The lowest BCUT2D eigenvalue weighted by Gasteiger charge is -2.18. The maximum atomic E-state index is 9.91. The van der Waals surface area contributed by atoms with Crippen molar-refractivity contribution in [3.05, 3.63) is 23.8 Å². The van der Waals surface area contributed by atoms with Crippen molar-refractivity contribution in [2.24, 2.45) is 4.99 Å². The van der Waals surface area contributed by atoms with Crippen LogP contribution in [0.25, 0.3) is 0 Å². The molecule has 1 atom stereocenters. The molecule has 0 aliphatic carbocycles. The van der Waals surface area contributed by atoms with Crippen molar-refractivity contribution < 1.29 is 9.84 Å². The Morgan fingerprint density at radius 2 is 2.09 bits per heavy atom. The molecule has 1 unspecified atom stereocenters. The Hall–Kier alpha value is -1.91. The van der Waals surface area contributed by atoms with Gasteiger partial charge in [-0.05, 0) is 31.5 Å². The standard InChI is InChI=1S/C18H31N3O2/c1-5-6-7-8-9-14(2)21-18(19-3)20-13-15-12-16(23-4)10-11-17(15)22/h10-12,14,22H,5-9,13H2,1-4H3,(H2,19,20,21). The lowest BCUT2D eigenvalue weighted by molar-refractivity contribution is 0.410. The van der Waals surface area contributed by atoms with Gasteiger partial charge in [0, 0.05) is 25.2 Å². The van der Waals surface area contributed by atoms with Crippen molar-refractivity contribution in [1.82, 2.24) is 10.6 Å². The molecule has 1 aromatic carbocycles. The zero-order chi connectivity index (χ0) is 17.1. The Morgan fingerprint density at radius 3 is 2.74 bits per heavy atom. The maximum Gasteiger partial charge on any atom is 0.191 e. The number of guanidine groups is 1. The molecule has 5 nitrogen and oxygen atoms in total. The Kier molecular flexibility index (Phi) is 8.95. The number of ether oxygens (including phenoxy) is 1. The average Bonchev–Trinajstić information content (AvgIpc) is 2.56. The minimum Gasteiger partial charge on any atom is -0.508 e. The molecular formula is C18H31N3O2. The van der Waals surface area contributed by atoms with Crippen LogP contribution in [0.1, 0.15) is 51.5 Å². The second-order valence-electron chi connectivity index (χ2n) is 5.82. The first kappa shape index (κ1) is 19.1. The van der Waals surface area contributed by atoms with Crippen LogP contribution in [0.3, 0.4) is 0 Å². The minimum absolute atomic E-state index is 0.251. The lowest BCUT2D eigenvalue weighted by atomic mass is 10.1. The first-order valence-electron chi connectivity index (χ1n) is 8.43. The van der Waals surface area contributed by atoms with Gasteiger partial charge < -0.3 is 20.5 Å². The third kappa shape index (κ3) is 7.26. The van der Waals surface area contributed by atoms with E-state index in [1.807, 2.05) is 6.07 Å². The van der Waals surface area contributed by atoms with Crippen molar-refractivity contribution >= 4 is 5.96 Å². The molecule has 130 valence electrons. The van der Waals surface area contributed by atoms with Crippen molar-refractivity contribution in [3.63, 3.8) is 0 Å². The highest BCUT2D eigenvalue weighted by Crippen LogP contribution is 2.22. The van der Waals surface area contributed by atoms with E-state index in [9.17, 15) is 5.11 Å². The number of hydrogen-bond donors (Lipinski definition) is 3. The minimum atomic E-state index is 0.251.